The van der Waals surface area contributed by atoms with Gasteiger partial charge in [0.1, 0.15) is 23.9 Å². The summed E-state index contributed by atoms with van der Waals surface area (Å²) in [7, 11) is 0. The van der Waals surface area contributed by atoms with Crippen LogP contribution in [0.5, 0.6) is 5.75 Å². The van der Waals surface area contributed by atoms with Crippen LogP contribution >= 0.6 is 11.8 Å². The minimum Gasteiger partial charge on any atom is -0.482 e. The van der Waals surface area contributed by atoms with Crippen molar-refractivity contribution in [2.45, 2.75) is 43.7 Å². The van der Waals surface area contributed by atoms with Gasteiger partial charge in [0, 0.05) is 11.3 Å². The van der Waals surface area contributed by atoms with Gasteiger partial charge in [-0.05, 0) is 57.0 Å². The molecule has 1 amide bonds. The molecule has 2 heterocycles. The lowest BCUT2D eigenvalue weighted by atomic mass is 9.83. The van der Waals surface area contributed by atoms with Gasteiger partial charge in [-0.3, -0.25) is 9.79 Å². The molecule has 1 aliphatic rings. The number of hydrogen-bond acceptors (Lipinski definition) is 6. The van der Waals surface area contributed by atoms with Crippen molar-refractivity contribution in [3.63, 3.8) is 0 Å². The number of thioether (sulfide) groups is 1. The van der Waals surface area contributed by atoms with Crippen molar-refractivity contribution in [2.24, 2.45) is 10.7 Å². The molecule has 0 saturated carbocycles. The number of amides is 1. The Balaban J connectivity index is 1.83. The van der Waals surface area contributed by atoms with Crippen LogP contribution in [0.1, 0.15) is 41.9 Å². The molecule has 2 aromatic rings. The number of pyridine rings is 1. The summed E-state index contributed by atoms with van der Waals surface area (Å²) in [6.07, 6.45) is -3.32. The fourth-order valence-corrected chi connectivity index (χ4v) is 4.95. The van der Waals surface area contributed by atoms with Crippen LogP contribution in [0, 0.1) is 12.7 Å². The molecular formula is C22H23F5N4O2S. The molecule has 0 radical (unpaired) electrons. The Kier molecular flexibility index (Phi) is 7.11. The topological polar surface area (TPSA) is 89.6 Å². The first-order chi connectivity index (χ1) is 15.7. The molecule has 3 N–H and O–H groups in total. The van der Waals surface area contributed by atoms with E-state index in [1.807, 2.05) is 0 Å². The van der Waals surface area contributed by atoms with Crippen LogP contribution < -0.4 is 15.8 Å². The summed E-state index contributed by atoms with van der Waals surface area (Å²) in [5, 5.41) is 2.73. The van der Waals surface area contributed by atoms with Gasteiger partial charge < -0.3 is 15.8 Å². The van der Waals surface area contributed by atoms with Crippen molar-refractivity contribution in [3.05, 3.63) is 53.1 Å². The quantitative estimate of drug-likeness (QED) is 0.536. The van der Waals surface area contributed by atoms with Crippen molar-refractivity contribution >= 4 is 28.5 Å². The SMILES string of the molecule is Cc1cc(OCC(F)(F)F)cnc1C(=O)Nc1ccc(F)c([C@]2(C)C[C@](C)(CF)SC(N)=N2)c1. The molecule has 0 unspecified atom stereocenters. The smallest absolute Gasteiger partial charge is 0.422 e. The van der Waals surface area contributed by atoms with Gasteiger partial charge in [0.25, 0.3) is 5.91 Å². The first kappa shape index (κ1) is 25.7. The van der Waals surface area contributed by atoms with Crippen molar-refractivity contribution in [3.8, 4) is 5.75 Å². The number of ether oxygens (including phenoxy) is 1. The number of rotatable bonds is 6. The third kappa shape index (κ3) is 5.96. The minimum atomic E-state index is -4.51. The van der Waals surface area contributed by atoms with Gasteiger partial charge in [0.2, 0.25) is 0 Å². The maximum atomic E-state index is 14.8. The zero-order chi connectivity index (χ0) is 25.3. The maximum Gasteiger partial charge on any atom is 0.422 e. The third-order valence-electron chi connectivity index (χ3n) is 5.18. The number of carbonyl (C=O) groups excluding carboxylic acids is 1. The number of aliphatic imine (C=N–C) groups is 1. The summed E-state index contributed by atoms with van der Waals surface area (Å²) < 4.78 is 69.2. The Bertz CT molecular complexity index is 1130. The zero-order valence-electron chi connectivity index (χ0n) is 18.6. The number of aryl methyl sites for hydroxylation is 1. The van der Waals surface area contributed by atoms with Crippen LogP contribution in [0.4, 0.5) is 27.6 Å². The molecule has 0 bridgehead atoms. The van der Waals surface area contributed by atoms with Crippen LogP contribution in [-0.4, -0.2) is 40.3 Å². The number of anilines is 1. The third-order valence-corrected chi connectivity index (χ3v) is 6.23. The molecule has 12 heteroatoms. The van der Waals surface area contributed by atoms with Crippen LogP contribution in [-0.2, 0) is 5.54 Å². The number of alkyl halides is 4. The molecule has 1 aliphatic heterocycles. The number of hydrogen-bond donors (Lipinski definition) is 2. The minimum absolute atomic E-state index is 0.0437. The van der Waals surface area contributed by atoms with E-state index in [9.17, 15) is 26.7 Å². The highest BCUT2D eigenvalue weighted by Gasteiger charge is 2.43. The molecule has 1 aromatic heterocycles. The van der Waals surface area contributed by atoms with Crippen molar-refractivity contribution in [2.75, 3.05) is 18.6 Å². The molecule has 0 spiro atoms. The van der Waals surface area contributed by atoms with E-state index in [-0.39, 0.29) is 39.8 Å². The fourth-order valence-electron chi connectivity index (χ4n) is 3.79. The molecule has 0 saturated heterocycles. The molecule has 0 aliphatic carbocycles. The van der Waals surface area contributed by atoms with Crippen LogP contribution in [0.25, 0.3) is 0 Å². The highest BCUT2D eigenvalue weighted by atomic mass is 32.2. The van der Waals surface area contributed by atoms with E-state index in [1.54, 1.807) is 13.8 Å². The van der Waals surface area contributed by atoms with Gasteiger partial charge in [-0.2, -0.15) is 13.2 Å². The summed E-state index contributed by atoms with van der Waals surface area (Å²) in [5.74, 6) is -1.38. The highest BCUT2D eigenvalue weighted by Crippen LogP contribution is 2.46. The lowest BCUT2D eigenvalue weighted by Gasteiger charge is -2.39. The highest BCUT2D eigenvalue weighted by molar-refractivity contribution is 8.15. The summed E-state index contributed by atoms with van der Waals surface area (Å²) in [4.78, 5) is 21.0. The lowest BCUT2D eigenvalue weighted by Crippen LogP contribution is -2.41. The molecule has 3 rings (SSSR count). The molecular weight excluding hydrogens is 479 g/mol. The number of aromatic nitrogens is 1. The van der Waals surface area contributed by atoms with E-state index in [4.69, 9.17) is 5.73 Å². The Morgan fingerprint density at radius 3 is 2.62 bits per heavy atom. The van der Waals surface area contributed by atoms with Gasteiger partial charge in [-0.15, -0.1) is 0 Å². The number of nitrogens with zero attached hydrogens (tertiary/aromatic N) is 2. The molecule has 34 heavy (non-hydrogen) atoms. The van der Waals surface area contributed by atoms with E-state index in [0.29, 0.717) is 0 Å². The maximum absolute atomic E-state index is 14.8. The summed E-state index contributed by atoms with van der Waals surface area (Å²) in [5.41, 5.74) is 5.34. The Morgan fingerprint density at radius 2 is 2.00 bits per heavy atom. The fraction of sp³-hybridized carbons (Fsp3) is 0.409. The summed E-state index contributed by atoms with van der Waals surface area (Å²) in [6, 6.07) is 5.16. The molecule has 0 fully saturated rings. The van der Waals surface area contributed by atoms with Crippen molar-refractivity contribution in [1.82, 2.24) is 4.98 Å². The first-order valence-electron chi connectivity index (χ1n) is 10.1. The van der Waals surface area contributed by atoms with Gasteiger partial charge in [-0.1, -0.05) is 11.8 Å². The second-order valence-electron chi connectivity index (χ2n) is 8.48. The zero-order valence-corrected chi connectivity index (χ0v) is 19.4. The Labute approximate surface area is 197 Å². The number of benzene rings is 1. The van der Waals surface area contributed by atoms with Crippen LogP contribution in [0.3, 0.4) is 0 Å². The monoisotopic (exact) mass is 502 g/mol. The van der Waals surface area contributed by atoms with Gasteiger partial charge in [0.05, 0.1) is 16.5 Å². The average molecular weight is 503 g/mol. The molecule has 184 valence electrons. The lowest BCUT2D eigenvalue weighted by molar-refractivity contribution is -0.153. The summed E-state index contributed by atoms with van der Waals surface area (Å²) in [6.45, 7) is 2.65. The number of carbonyl (C=O) groups is 1. The van der Waals surface area contributed by atoms with Gasteiger partial charge >= 0.3 is 6.18 Å². The number of nitrogens with one attached hydrogen (secondary N) is 1. The number of nitrogens with two attached hydrogens (primary N) is 1. The van der Waals surface area contributed by atoms with Gasteiger partial charge in [0.15, 0.2) is 11.8 Å². The predicted octanol–water partition coefficient (Wildman–Crippen LogP) is 5.12. The second-order valence-corrected chi connectivity index (χ2v) is 10.1. The van der Waals surface area contributed by atoms with Gasteiger partial charge in [-0.25, -0.2) is 13.8 Å². The summed E-state index contributed by atoms with van der Waals surface area (Å²) >= 11 is 1.09. The molecule has 2 atom stereocenters. The number of amidine groups is 1. The second kappa shape index (κ2) is 9.40. The normalized spacial score (nSPS) is 22.8. The van der Waals surface area contributed by atoms with E-state index < -0.39 is 41.5 Å². The van der Waals surface area contributed by atoms with E-state index in [1.165, 1.54) is 25.1 Å². The van der Waals surface area contributed by atoms with Crippen molar-refractivity contribution in [1.29, 1.82) is 0 Å². The van der Waals surface area contributed by atoms with E-state index in [0.717, 1.165) is 24.0 Å². The van der Waals surface area contributed by atoms with E-state index in [2.05, 4.69) is 20.0 Å². The molecule has 1 aromatic carbocycles. The number of halogens is 5. The first-order valence-corrected chi connectivity index (χ1v) is 10.9. The van der Waals surface area contributed by atoms with Crippen molar-refractivity contribution < 1.29 is 31.5 Å². The standard InChI is InChI=1S/C22H23F5N4O2S/c1-12-6-14(33-11-22(25,26)27)8-29-17(12)18(32)30-13-4-5-16(24)15(7-13)21(3)9-20(2,10-23)34-19(28)31-21/h4-8H,9-11H2,1-3H3,(H2,28,31)(H,30,32)/t20-,21+/m1/s1. The Hall–Kier alpha value is -2.89. The Morgan fingerprint density at radius 1 is 1.29 bits per heavy atom. The average Bonchev–Trinajstić information content (AvgIpc) is 2.72. The molecule has 6 nitrogen and oxygen atoms in total. The predicted molar refractivity (Wildman–Crippen MR) is 120 cm³/mol. The van der Waals surface area contributed by atoms with E-state index >= 15 is 0 Å². The largest absolute Gasteiger partial charge is 0.482 e. The van der Waals surface area contributed by atoms with Crippen LogP contribution in [0.2, 0.25) is 0 Å². The van der Waals surface area contributed by atoms with Crippen LogP contribution in [0.15, 0.2) is 35.5 Å².